The van der Waals surface area contributed by atoms with Gasteiger partial charge in [-0.1, -0.05) is 56.7 Å². The van der Waals surface area contributed by atoms with E-state index < -0.39 is 53.7 Å². The Balaban J connectivity index is 0.776. The fourth-order valence-electron chi connectivity index (χ4n) is 10.8. The van der Waals surface area contributed by atoms with Crippen LogP contribution in [0.3, 0.4) is 0 Å². The molecule has 2 aliphatic heterocycles. The highest BCUT2D eigenvalue weighted by Gasteiger charge is 2.36. The molecule has 1 aromatic heterocycles. The van der Waals surface area contributed by atoms with Crippen LogP contribution in [-0.4, -0.2) is 173 Å². The zero-order chi connectivity index (χ0) is 64.4. The number of nitrogens with two attached hydrogens (primary N) is 1. The molecular weight excluding hydrogens is 1150 g/mol. The molecule has 90 heavy (non-hydrogen) atoms. The molecule has 0 radical (unpaired) electrons. The van der Waals surface area contributed by atoms with E-state index in [1.165, 1.54) is 9.80 Å². The first-order chi connectivity index (χ1) is 43.3. The first-order valence-corrected chi connectivity index (χ1v) is 29.9. The Kier molecular flexibility index (Phi) is 22.8. The van der Waals surface area contributed by atoms with Crippen LogP contribution in [0.1, 0.15) is 106 Å². The number of hydrogen-bond donors (Lipinski definition) is 7. The van der Waals surface area contributed by atoms with E-state index >= 15 is 0 Å². The number of benzene rings is 5. The number of carbonyl (C=O) groups excluding carboxylic acids is 11. The van der Waals surface area contributed by atoms with Crippen LogP contribution in [0, 0.1) is 5.92 Å². The van der Waals surface area contributed by atoms with Crippen molar-refractivity contribution < 1.29 is 57.5 Å². The highest BCUT2D eigenvalue weighted by molar-refractivity contribution is 6.28. The third-order valence-electron chi connectivity index (χ3n) is 15.6. The average molecular weight is 1230 g/mol. The molecule has 0 fully saturated rings. The molecule has 0 bridgehead atoms. The molecule has 1 unspecified atom stereocenters. The van der Waals surface area contributed by atoms with Crippen molar-refractivity contribution in [3.05, 3.63) is 144 Å². The molecular formula is C65H75N13O12. The highest BCUT2D eigenvalue weighted by atomic mass is 16.5. The van der Waals surface area contributed by atoms with E-state index in [0.29, 0.717) is 114 Å². The van der Waals surface area contributed by atoms with E-state index in [2.05, 4.69) is 41.8 Å². The highest BCUT2D eigenvalue weighted by Crippen LogP contribution is 2.36. The van der Waals surface area contributed by atoms with E-state index in [1.54, 1.807) is 93.1 Å². The Morgan fingerprint density at radius 3 is 1.88 bits per heavy atom. The normalized spacial score (nSPS) is 13.5. The number of allylic oxidation sites excluding steroid dienone is 1. The summed E-state index contributed by atoms with van der Waals surface area (Å²) in [6.45, 7) is 6.36. The summed E-state index contributed by atoms with van der Waals surface area (Å²) in [5, 5.41) is 18.5. The lowest BCUT2D eigenvalue weighted by atomic mass is 9.93. The van der Waals surface area contributed by atoms with Crippen molar-refractivity contribution in [1.82, 2.24) is 50.4 Å². The summed E-state index contributed by atoms with van der Waals surface area (Å²) in [7, 11) is 3.85. The molecule has 0 spiro atoms. The number of nitrogens with zero attached hydrogens (tertiary/aromatic N) is 6. The zero-order valence-corrected chi connectivity index (χ0v) is 50.8. The predicted octanol–water partition coefficient (Wildman–Crippen LogP) is 5.52. The summed E-state index contributed by atoms with van der Waals surface area (Å²) in [5.74, 6) is -3.85. The summed E-state index contributed by atoms with van der Waals surface area (Å²) in [6.07, 6.45) is 10.0. The standard InChI is InChI=1S/C65H75N13O12/c1-41(2)57(73-54(81)18-6-5-7-28-68-53(80)19-11-38-79)59(83)71-51(17-10-29-69-64(66)88)58(82)70-43-22-20-42(21-23-43)39-90-65(89)72-50-26-24-48-55-44(50)13-8-15-46(55)60(84)77(62(48)86)36-34-74(3)31-12-32-75(4)35-37-78-61(85)47-16-9-14-45-52(76-33-30-67-40-76)27-25-49(56(45)47)63(78)87/h8-9,11,13-16,19-27,30,33,38,40-41,51,57H,5-7,10,12,17-18,28-29,31-32,34-37,39H2,1-4H3,(H,68,80)(H,70,82)(H,71,83)(H,72,89)(H,73,81)(H3,66,69,88)/b19-11-/t51-,57?/m0/s1. The second kappa shape index (κ2) is 31.2. The van der Waals surface area contributed by atoms with Crippen LogP contribution in [0.2, 0.25) is 0 Å². The maximum atomic E-state index is 14.0. The summed E-state index contributed by atoms with van der Waals surface area (Å²) in [6, 6.07) is 21.0. The summed E-state index contributed by atoms with van der Waals surface area (Å²) < 4.78 is 7.41. The molecule has 25 nitrogen and oxygen atoms in total. The first kappa shape index (κ1) is 65.8. The van der Waals surface area contributed by atoms with Crippen molar-refractivity contribution in [1.29, 1.82) is 0 Å². The van der Waals surface area contributed by atoms with Gasteiger partial charge in [0.15, 0.2) is 0 Å². The summed E-state index contributed by atoms with van der Waals surface area (Å²) in [4.78, 5) is 153. The number of anilines is 2. The molecule has 472 valence electrons. The molecule has 0 saturated heterocycles. The third-order valence-corrected chi connectivity index (χ3v) is 15.6. The number of hydrogen-bond acceptors (Lipinski definition) is 15. The van der Waals surface area contributed by atoms with Crippen LogP contribution in [0.4, 0.5) is 21.0 Å². The van der Waals surface area contributed by atoms with Crippen LogP contribution in [-0.2, 0) is 35.3 Å². The molecule has 3 heterocycles. The maximum Gasteiger partial charge on any atom is 0.411 e. The number of imide groups is 2. The molecule has 2 aliphatic rings. The van der Waals surface area contributed by atoms with Crippen LogP contribution in [0.15, 0.2) is 116 Å². The van der Waals surface area contributed by atoms with E-state index in [9.17, 15) is 52.7 Å². The number of aldehydes is 1. The van der Waals surface area contributed by atoms with Gasteiger partial charge in [-0.15, -0.1) is 0 Å². The van der Waals surface area contributed by atoms with Crippen molar-refractivity contribution in [3.8, 4) is 5.69 Å². The first-order valence-electron chi connectivity index (χ1n) is 29.9. The van der Waals surface area contributed by atoms with Gasteiger partial charge in [-0.25, -0.2) is 14.6 Å². The lowest BCUT2D eigenvalue weighted by Gasteiger charge is -2.30. The SMILES string of the molecule is CC(C)C(NC(=O)CCCCCNC(=O)/C=C\C=O)C(=O)N[C@@H](CCCNC(N)=O)C(=O)Nc1ccc(COC(=O)Nc2ccc3c4c(cccc24)C(=O)N(CCN(C)CCCN(C)CCN2C(=O)c4cccc5c(-n6ccnc6)ccc(c45)C2=O)C3=O)cc1. The van der Waals surface area contributed by atoms with Crippen molar-refractivity contribution in [2.45, 2.75) is 77.5 Å². The van der Waals surface area contributed by atoms with Gasteiger partial charge in [0.05, 0.1) is 17.7 Å². The van der Waals surface area contributed by atoms with Crippen molar-refractivity contribution in [3.63, 3.8) is 0 Å². The Bertz CT molecular complexity index is 3660. The molecule has 8 N–H and O–H groups in total. The summed E-state index contributed by atoms with van der Waals surface area (Å²) in [5.41, 5.74) is 8.88. The monoisotopic (exact) mass is 1230 g/mol. The second-order valence-corrected chi connectivity index (χ2v) is 22.5. The van der Waals surface area contributed by atoms with Crippen LogP contribution < -0.4 is 37.6 Å². The van der Waals surface area contributed by atoms with Gasteiger partial charge >= 0.3 is 12.1 Å². The van der Waals surface area contributed by atoms with Crippen molar-refractivity contribution >= 4 is 98.6 Å². The van der Waals surface area contributed by atoms with Gasteiger partial charge in [-0.2, -0.15) is 0 Å². The molecule has 0 saturated carbocycles. The molecule has 5 aromatic carbocycles. The third kappa shape index (κ3) is 16.7. The minimum absolute atomic E-state index is 0.105. The number of urea groups is 1. The minimum Gasteiger partial charge on any atom is -0.444 e. The fraction of sp³-hybridized carbons (Fsp3) is 0.354. The Morgan fingerprint density at radius 2 is 1.27 bits per heavy atom. The Labute approximate surface area is 520 Å². The van der Waals surface area contributed by atoms with E-state index in [4.69, 9.17) is 10.5 Å². The second-order valence-electron chi connectivity index (χ2n) is 22.5. The smallest absolute Gasteiger partial charge is 0.411 e. The van der Waals surface area contributed by atoms with Crippen molar-refractivity contribution in [2.24, 2.45) is 11.7 Å². The molecule has 25 heteroatoms. The lowest BCUT2D eigenvalue weighted by Crippen LogP contribution is -2.54. The number of rotatable bonds is 32. The maximum absolute atomic E-state index is 14.0. The van der Waals surface area contributed by atoms with Gasteiger partial charge < -0.3 is 51.4 Å². The zero-order valence-electron chi connectivity index (χ0n) is 50.8. The Hall–Kier alpha value is -10.1. The van der Waals surface area contributed by atoms with E-state index in [-0.39, 0.29) is 69.1 Å². The van der Waals surface area contributed by atoms with Gasteiger partial charge in [0.1, 0.15) is 25.0 Å². The fourth-order valence-corrected chi connectivity index (χ4v) is 10.8. The van der Waals surface area contributed by atoms with E-state index in [0.717, 1.165) is 29.6 Å². The minimum atomic E-state index is -1.08. The van der Waals surface area contributed by atoms with Gasteiger partial charge in [-0.05, 0) is 125 Å². The number of carbonyl (C=O) groups is 11. The molecule has 6 aromatic rings. The van der Waals surface area contributed by atoms with Crippen LogP contribution in [0.5, 0.6) is 0 Å². The van der Waals surface area contributed by atoms with E-state index in [1.807, 2.05) is 48.0 Å². The van der Waals surface area contributed by atoms with Gasteiger partial charge in [0, 0.05) is 114 Å². The largest absolute Gasteiger partial charge is 0.444 e. The topological polar surface area (TPSA) is 326 Å². The van der Waals surface area contributed by atoms with Crippen LogP contribution >= 0.6 is 0 Å². The number of likely N-dealkylation sites (N-methyl/N-ethyl adjacent to an activating group) is 2. The number of nitrogens with one attached hydrogen (secondary N) is 6. The van der Waals surface area contributed by atoms with Gasteiger partial charge in [0.2, 0.25) is 23.6 Å². The summed E-state index contributed by atoms with van der Waals surface area (Å²) >= 11 is 0. The number of imidazole rings is 1. The Morgan fingerprint density at radius 1 is 0.656 bits per heavy atom. The van der Waals surface area contributed by atoms with Gasteiger partial charge in [-0.3, -0.25) is 58.3 Å². The number of amides is 11. The predicted molar refractivity (Wildman–Crippen MR) is 336 cm³/mol. The van der Waals surface area contributed by atoms with Crippen LogP contribution in [0.25, 0.3) is 27.2 Å². The molecule has 8 rings (SSSR count). The number of aromatic nitrogens is 2. The number of ether oxygens (including phenoxy) is 1. The number of primary amides is 1. The van der Waals surface area contributed by atoms with Gasteiger partial charge in [0.25, 0.3) is 23.6 Å². The quantitative estimate of drug-likeness (QED) is 0.0118. The molecule has 0 aliphatic carbocycles. The van der Waals surface area contributed by atoms with Crippen molar-refractivity contribution in [2.75, 3.05) is 77.1 Å². The average Bonchev–Trinajstić information content (AvgIpc) is 0.940. The lowest BCUT2D eigenvalue weighted by molar-refractivity contribution is -0.132. The molecule has 2 atom stereocenters. The molecule has 11 amide bonds. The number of unbranched alkanes of at least 4 members (excludes halogenated alkanes) is 2.